The van der Waals surface area contributed by atoms with Crippen LogP contribution in [-0.4, -0.2) is 17.0 Å². The van der Waals surface area contributed by atoms with Gasteiger partial charge in [0.15, 0.2) is 6.20 Å². The van der Waals surface area contributed by atoms with E-state index in [4.69, 9.17) is 9.47 Å². The van der Waals surface area contributed by atoms with Gasteiger partial charge in [-0.25, -0.2) is 0 Å². The molecule has 1 aromatic rings. The average Bonchev–Trinajstić information content (AvgIpc) is 2.32. The van der Waals surface area contributed by atoms with E-state index in [1.54, 1.807) is 0 Å². The summed E-state index contributed by atoms with van der Waals surface area (Å²) in [5.74, 6) is -1.13. The molecular formula is C12H15NO6. The van der Waals surface area contributed by atoms with Crippen LogP contribution in [0.5, 0.6) is 5.75 Å². The third-order valence-electron chi connectivity index (χ3n) is 2.43. The first-order valence-electron chi connectivity index (χ1n) is 5.54. The van der Waals surface area contributed by atoms with E-state index in [-0.39, 0.29) is 29.2 Å². The molecule has 1 N–H and O–H groups in total. The quantitative estimate of drug-likeness (QED) is 0.473. The van der Waals surface area contributed by atoms with Crippen LogP contribution in [0.15, 0.2) is 6.20 Å². The molecule has 0 aliphatic rings. The minimum atomic E-state index is -0.609. The zero-order valence-electron chi connectivity index (χ0n) is 10.9. The number of ether oxygens (including phenoxy) is 2. The number of hydrogen-bond donors (Lipinski definition) is 1. The molecular weight excluding hydrogens is 254 g/mol. The molecule has 0 aliphatic heterocycles. The molecule has 19 heavy (non-hydrogen) atoms. The molecule has 0 spiro atoms. The van der Waals surface area contributed by atoms with Crippen LogP contribution in [0.4, 0.5) is 0 Å². The van der Waals surface area contributed by atoms with Gasteiger partial charge in [0.05, 0.1) is 12.2 Å². The van der Waals surface area contributed by atoms with E-state index >= 15 is 0 Å². The first kappa shape index (κ1) is 14.9. The molecule has 0 radical (unpaired) electrons. The monoisotopic (exact) mass is 269 g/mol. The van der Waals surface area contributed by atoms with Gasteiger partial charge in [0, 0.05) is 26.3 Å². The van der Waals surface area contributed by atoms with Crippen LogP contribution < -0.4 is 9.47 Å². The fourth-order valence-electron chi connectivity index (χ4n) is 1.54. The van der Waals surface area contributed by atoms with Gasteiger partial charge in [-0.2, -0.15) is 4.73 Å². The summed E-state index contributed by atoms with van der Waals surface area (Å²) < 4.78 is 10.2. The average molecular weight is 269 g/mol. The van der Waals surface area contributed by atoms with Gasteiger partial charge in [-0.1, -0.05) is 0 Å². The first-order valence-corrected chi connectivity index (χ1v) is 5.54. The standard InChI is InChI=1S/C12H15NO6/c1-7-12(19-9(3)16)11(5-14)10(4-13(7)17)6-18-8(2)15/h4,14H,5-6H2,1-3H3. The second kappa shape index (κ2) is 6.14. The highest BCUT2D eigenvalue weighted by molar-refractivity contribution is 5.70. The van der Waals surface area contributed by atoms with Crippen molar-refractivity contribution in [1.82, 2.24) is 0 Å². The number of esters is 2. The molecule has 0 aromatic carbocycles. The lowest BCUT2D eigenvalue weighted by molar-refractivity contribution is -0.613. The Morgan fingerprint density at radius 2 is 2.00 bits per heavy atom. The molecule has 7 nitrogen and oxygen atoms in total. The molecule has 1 heterocycles. The fourth-order valence-corrected chi connectivity index (χ4v) is 1.54. The van der Waals surface area contributed by atoms with E-state index in [2.05, 4.69) is 0 Å². The Kier molecular flexibility index (Phi) is 4.82. The summed E-state index contributed by atoms with van der Waals surface area (Å²) in [7, 11) is 0. The zero-order chi connectivity index (χ0) is 14.6. The van der Waals surface area contributed by atoms with E-state index < -0.39 is 18.5 Å². The molecule has 0 aliphatic carbocycles. The van der Waals surface area contributed by atoms with Crippen LogP contribution in [-0.2, 0) is 27.5 Å². The molecule has 0 unspecified atom stereocenters. The molecule has 104 valence electrons. The summed E-state index contributed by atoms with van der Waals surface area (Å²) in [6.07, 6.45) is 1.18. The van der Waals surface area contributed by atoms with Gasteiger partial charge in [0.25, 0.3) is 0 Å². The lowest BCUT2D eigenvalue weighted by atomic mass is 10.1. The highest BCUT2D eigenvalue weighted by Gasteiger charge is 2.22. The van der Waals surface area contributed by atoms with Crippen LogP contribution >= 0.6 is 0 Å². The van der Waals surface area contributed by atoms with Gasteiger partial charge in [0.2, 0.25) is 11.4 Å². The van der Waals surface area contributed by atoms with E-state index in [1.165, 1.54) is 27.0 Å². The number of pyridine rings is 1. The highest BCUT2D eigenvalue weighted by Crippen LogP contribution is 2.25. The second-order valence-corrected chi connectivity index (χ2v) is 3.91. The van der Waals surface area contributed by atoms with Gasteiger partial charge in [-0.3, -0.25) is 9.59 Å². The molecule has 0 bridgehead atoms. The van der Waals surface area contributed by atoms with Crippen LogP contribution in [0.25, 0.3) is 0 Å². The molecule has 1 rings (SSSR count). The summed E-state index contributed by atoms with van der Waals surface area (Å²) in [6, 6.07) is 0. The van der Waals surface area contributed by atoms with Crippen molar-refractivity contribution in [3.8, 4) is 5.75 Å². The minimum Gasteiger partial charge on any atom is -0.618 e. The number of rotatable bonds is 4. The normalized spacial score (nSPS) is 10.1. The SMILES string of the molecule is CC(=O)OCc1c[n+]([O-])c(C)c(OC(C)=O)c1CO. The number of hydrogen-bond acceptors (Lipinski definition) is 6. The van der Waals surface area contributed by atoms with Crippen molar-refractivity contribution in [1.29, 1.82) is 0 Å². The Hall–Kier alpha value is -2.15. The number of carbonyl (C=O) groups excluding carboxylic acids is 2. The number of aliphatic hydroxyl groups is 1. The number of aliphatic hydroxyl groups excluding tert-OH is 1. The van der Waals surface area contributed by atoms with Gasteiger partial charge in [-0.05, 0) is 0 Å². The van der Waals surface area contributed by atoms with Crippen LogP contribution in [0.1, 0.15) is 30.7 Å². The lowest BCUT2D eigenvalue weighted by Crippen LogP contribution is -2.32. The Morgan fingerprint density at radius 3 is 2.47 bits per heavy atom. The topological polar surface area (TPSA) is 99.8 Å². The maximum absolute atomic E-state index is 11.7. The van der Waals surface area contributed by atoms with Crippen molar-refractivity contribution in [2.24, 2.45) is 0 Å². The summed E-state index contributed by atoms with van der Waals surface area (Å²) in [5.41, 5.74) is 0.682. The Labute approximate surface area is 110 Å². The van der Waals surface area contributed by atoms with Gasteiger partial charge in [-0.15, -0.1) is 0 Å². The van der Waals surface area contributed by atoms with Crippen LogP contribution in [0, 0.1) is 12.1 Å². The second-order valence-electron chi connectivity index (χ2n) is 3.91. The van der Waals surface area contributed by atoms with Crippen molar-refractivity contribution in [2.45, 2.75) is 34.0 Å². The number of nitrogens with zero attached hydrogens (tertiary/aromatic N) is 1. The van der Waals surface area contributed by atoms with Gasteiger partial charge < -0.3 is 19.8 Å². The van der Waals surface area contributed by atoms with Crippen molar-refractivity contribution in [3.05, 3.63) is 28.2 Å². The van der Waals surface area contributed by atoms with E-state index in [1.807, 2.05) is 0 Å². The third-order valence-corrected chi connectivity index (χ3v) is 2.43. The van der Waals surface area contributed by atoms with Crippen molar-refractivity contribution >= 4 is 11.9 Å². The van der Waals surface area contributed by atoms with Crippen molar-refractivity contribution in [3.63, 3.8) is 0 Å². The highest BCUT2D eigenvalue weighted by atomic mass is 16.5. The Bertz CT molecular complexity index is 511. The molecule has 0 atom stereocenters. The van der Waals surface area contributed by atoms with Crippen molar-refractivity contribution < 1.29 is 28.9 Å². The van der Waals surface area contributed by atoms with Gasteiger partial charge >= 0.3 is 11.9 Å². The number of carbonyl (C=O) groups is 2. The summed E-state index contributed by atoms with van der Waals surface area (Å²) in [4.78, 5) is 21.8. The maximum atomic E-state index is 11.7. The molecule has 0 saturated heterocycles. The summed E-state index contributed by atoms with van der Waals surface area (Å²) >= 11 is 0. The predicted octanol–water partition coefficient (Wildman–Crippen LogP) is 0.109. The molecule has 0 fully saturated rings. The number of aromatic nitrogens is 1. The van der Waals surface area contributed by atoms with Crippen LogP contribution in [0.2, 0.25) is 0 Å². The van der Waals surface area contributed by atoms with E-state index in [0.29, 0.717) is 4.73 Å². The molecule has 7 heteroatoms. The summed E-state index contributed by atoms with van der Waals surface area (Å²) in [6.45, 7) is 3.25. The zero-order valence-corrected chi connectivity index (χ0v) is 10.9. The molecule has 1 aromatic heterocycles. The first-order chi connectivity index (χ1) is 8.86. The van der Waals surface area contributed by atoms with E-state index in [0.717, 1.165) is 0 Å². The molecule has 0 amide bonds. The minimum absolute atomic E-state index is 0.00495. The maximum Gasteiger partial charge on any atom is 0.308 e. The van der Waals surface area contributed by atoms with E-state index in [9.17, 15) is 19.9 Å². The molecule has 0 saturated carbocycles. The Balaban J connectivity index is 3.27. The van der Waals surface area contributed by atoms with Gasteiger partial charge in [0.1, 0.15) is 6.61 Å². The summed E-state index contributed by atoms with van der Waals surface area (Å²) in [5, 5.41) is 21.0. The lowest BCUT2D eigenvalue weighted by Gasteiger charge is -2.14. The van der Waals surface area contributed by atoms with Crippen molar-refractivity contribution in [2.75, 3.05) is 0 Å². The third kappa shape index (κ3) is 3.65. The predicted molar refractivity (Wildman–Crippen MR) is 62.8 cm³/mol. The van der Waals surface area contributed by atoms with Crippen LogP contribution in [0.3, 0.4) is 0 Å². The largest absolute Gasteiger partial charge is 0.618 e. The Morgan fingerprint density at radius 1 is 1.37 bits per heavy atom. The fraction of sp³-hybridized carbons (Fsp3) is 0.417. The smallest absolute Gasteiger partial charge is 0.308 e.